The first-order valence-electron chi connectivity index (χ1n) is 6.76. The molecule has 3 amide bonds. The maximum atomic E-state index is 12.5. The smallest absolute Gasteiger partial charge is 0.262 e. The molecule has 0 saturated carbocycles. The maximum Gasteiger partial charge on any atom is 0.262 e. The lowest BCUT2D eigenvalue weighted by Crippen LogP contribution is -2.48. The first-order valence-corrected chi connectivity index (χ1v) is 6.76. The Morgan fingerprint density at radius 3 is 2.59 bits per heavy atom. The van der Waals surface area contributed by atoms with Crippen LogP contribution in [0.4, 0.5) is 0 Å². The number of hydrogen-bond donors (Lipinski definition) is 1. The van der Waals surface area contributed by atoms with Crippen LogP contribution in [0.1, 0.15) is 33.6 Å². The van der Waals surface area contributed by atoms with Gasteiger partial charge in [0.05, 0.1) is 18.2 Å². The van der Waals surface area contributed by atoms with Gasteiger partial charge in [-0.1, -0.05) is 0 Å². The Balaban J connectivity index is 2.39. The van der Waals surface area contributed by atoms with Gasteiger partial charge >= 0.3 is 0 Å². The highest BCUT2D eigenvalue weighted by Gasteiger charge is 2.42. The van der Waals surface area contributed by atoms with Crippen LogP contribution in [0.2, 0.25) is 0 Å². The summed E-state index contributed by atoms with van der Waals surface area (Å²) in [5, 5.41) is 2.42. The van der Waals surface area contributed by atoms with E-state index in [-0.39, 0.29) is 24.0 Å². The van der Waals surface area contributed by atoms with Crippen molar-refractivity contribution < 1.29 is 23.9 Å². The molecule has 1 aromatic rings. The molecule has 0 aliphatic carbocycles. The second-order valence-corrected chi connectivity index (χ2v) is 4.77. The number of ether oxygens (including phenoxy) is 1. The molecule has 1 N–H and O–H groups in total. The standard InChI is InChI=1S/C15H16N2O5/c1-16-13(19)12(4-3-7-18)17-14(20)10-6-5-9(22-2)8-11(10)15(17)21/h5-8,12H,3-4H2,1-2H3,(H,16,19). The van der Waals surface area contributed by atoms with Crippen molar-refractivity contribution in [1.82, 2.24) is 10.2 Å². The Labute approximate surface area is 127 Å². The van der Waals surface area contributed by atoms with Gasteiger partial charge in [0.25, 0.3) is 11.8 Å². The second kappa shape index (κ2) is 6.38. The molecule has 1 heterocycles. The summed E-state index contributed by atoms with van der Waals surface area (Å²) in [5.74, 6) is -1.13. The number of methoxy groups -OCH3 is 1. The molecule has 116 valence electrons. The molecule has 0 fully saturated rings. The number of carbonyl (C=O) groups excluding carboxylic acids is 4. The van der Waals surface area contributed by atoms with Crippen molar-refractivity contribution in [2.75, 3.05) is 14.2 Å². The zero-order chi connectivity index (χ0) is 16.3. The molecule has 22 heavy (non-hydrogen) atoms. The van der Waals surface area contributed by atoms with E-state index in [9.17, 15) is 19.2 Å². The summed E-state index contributed by atoms with van der Waals surface area (Å²) < 4.78 is 5.04. The van der Waals surface area contributed by atoms with Gasteiger partial charge in [0, 0.05) is 13.5 Å². The number of rotatable bonds is 6. The molecular weight excluding hydrogens is 288 g/mol. The minimum atomic E-state index is -1.01. The monoisotopic (exact) mass is 304 g/mol. The van der Waals surface area contributed by atoms with Crippen molar-refractivity contribution >= 4 is 24.0 Å². The van der Waals surface area contributed by atoms with E-state index in [2.05, 4.69) is 5.32 Å². The zero-order valence-electron chi connectivity index (χ0n) is 12.3. The van der Waals surface area contributed by atoms with Gasteiger partial charge in [0.15, 0.2) is 0 Å². The van der Waals surface area contributed by atoms with Gasteiger partial charge in [0.2, 0.25) is 5.91 Å². The van der Waals surface area contributed by atoms with Gasteiger partial charge in [-0.05, 0) is 24.6 Å². The number of amides is 3. The van der Waals surface area contributed by atoms with Crippen LogP contribution in [-0.4, -0.2) is 49.1 Å². The van der Waals surface area contributed by atoms with Crippen LogP contribution in [0, 0.1) is 0 Å². The summed E-state index contributed by atoms with van der Waals surface area (Å²) in [5.41, 5.74) is 0.426. The van der Waals surface area contributed by atoms with E-state index in [4.69, 9.17) is 4.74 Å². The van der Waals surface area contributed by atoms with E-state index in [0.717, 1.165) is 4.90 Å². The van der Waals surface area contributed by atoms with E-state index in [1.165, 1.54) is 26.3 Å². The van der Waals surface area contributed by atoms with Gasteiger partial charge in [-0.2, -0.15) is 0 Å². The molecule has 0 aromatic heterocycles. The number of likely N-dealkylation sites (N-methyl/N-ethyl adjacent to an activating group) is 1. The average Bonchev–Trinajstić information content (AvgIpc) is 2.79. The minimum Gasteiger partial charge on any atom is -0.497 e. The van der Waals surface area contributed by atoms with Gasteiger partial charge < -0.3 is 14.8 Å². The number of imide groups is 1. The molecule has 2 rings (SSSR count). The quantitative estimate of drug-likeness (QED) is 0.606. The predicted octanol–water partition coefficient (Wildman–Crippen LogP) is 0.385. The van der Waals surface area contributed by atoms with Gasteiger partial charge in [-0.25, -0.2) is 0 Å². The average molecular weight is 304 g/mol. The van der Waals surface area contributed by atoms with Crippen molar-refractivity contribution in [3.05, 3.63) is 29.3 Å². The van der Waals surface area contributed by atoms with E-state index in [1.54, 1.807) is 6.07 Å². The Hall–Kier alpha value is -2.70. The van der Waals surface area contributed by atoms with E-state index in [0.29, 0.717) is 12.0 Å². The number of aldehydes is 1. The lowest BCUT2D eigenvalue weighted by Gasteiger charge is -2.24. The first-order chi connectivity index (χ1) is 10.5. The van der Waals surface area contributed by atoms with Crippen LogP contribution in [-0.2, 0) is 9.59 Å². The molecule has 0 spiro atoms. The van der Waals surface area contributed by atoms with Crippen LogP contribution < -0.4 is 10.1 Å². The SMILES string of the molecule is CNC(=O)C(CCC=O)N1C(=O)c2ccc(OC)cc2C1=O. The summed E-state index contributed by atoms with van der Waals surface area (Å²) >= 11 is 0. The van der Waals surface area contributed by atoms with Gasteiger partial charge in [-0.3, -0.25) is 19.3 Å². The molecule has 7 heteroatoms. The Morgan fingerprint density at radius 1 is 1.32 bits per heavy atom. The number of nitrogens with one attached hydrogen (secondary N) is 1. The topological polar surface area (TPSA) is 92.8 Å². The zero-order valence-corrected chi connectivity index (χ0v) is 12.3. The number of nitrogens with zero attached hydrogens (tertiary/aromatic N) is 1. The summed E-state index contributed by atoms with van der Waals surface area (Å²) in [6, 6.07) is 3.53. The lowest BCUT2D eigenvalue weighted by molar-refractivity contribution is -0.124. The molecule has 1 aromatic carbocycles. The van der Waals surface area contributed by atoms with Crippen molar-refractivity contribution in [2.24, 2.45) is 0 Å². The molecule has 1 aliphatic rings. The maximum absolute atomic E-state index is 12.5. The summed E-state index contributed by atoms with van der Waals surface area (Å²) in [6.45, 7) is 0. The van der Waals surface area contributed by atoms with Crippen molar-refractivity contribution in [3.8, 4) is 5.75 Å². The molecule has 7 nitrogen and oxygen atoms in total. The highest BCUT2D eigenvalue weighted by Crippen LogP contribution is 2.29. The second-order valence-electron chi connectivity index (χ2n) is 4.77. The largest absolute Gasteiger partial charge is 0.497 e. The van der Waals surface area contributed by atoms with Crippen molar-refractivity contribution in [3.63, 3.8) is 0 Å². The molecule has 1 atom stereocenters. The van der Waals surface area contributed by atoms with Crippen LogP contribution in [0.3, 0.4) is 0 Å². The number of carbonyl (C=O) groups is 4. The summed E-state index contributed by atoms with van der Waals surface area (Å²) in [4.78, 5) is 48.4. The van der Waals surface area contributed by atoms with Crippen LogP contribution in [0.15, 0.2) is 18.2 Å². The highest BCUT2D eigenvalue weighted by molar-refractivity contribution is 6.23. The highest BCUT2D eigenvalue weighted by atomic mass is 16.5. The number of benzene rings is 1. The summed E-state index contributed by atoms with van der Waals surface area (Å²) in [7, 11) is 2.87. The van der Waals surface area contributed by atoms with E-state index >= 15 is 0 Å². The third kappa shape index (κ3) is 2.57. The Morgan fingerprint density at radius 2 is 2.00 bits per heavy atom. The Kier molecular flexibility index (Phi) is 4.55. The Bertz CT molecular complexity index is 641. The minimum absolute atomic E-state index is 0.0782. The molecule has 0 radical (unpaired) electrons. The number of fused-ring (bicyclic) bond motifs is 1. The molecule has 1 unspecified atom stereocenters. The molecular formula is C15H16N2O5. The summed E-state index contributed by atoms with van der Waals surface area (Å²) in [6.07, 6.45) is 0.817. The van der Waals surface area contributed by atoms with Crippen molar-refractivity contribution in [1.29, 1.82) is 0 Å². The van der Waals surface area contributed by atoms with Crippen LogP contribution in [0.5, 0.6) is 5.75 Å². The normalized spacial score (nSPS) is 14.5. The van der Waals surface area contributed by atoms with E-state index in [1.807, 2.05) is 0 Å². The van der Waals surface area contributed by atoms with Gasteiger partial charge in [-0.15, -0.1) is 0 Å². The lowest BCUT2D eigenvalue weighted by atomic mass is 10.1. The fourth-order valence-electron chi connectivity index (χ4n) is 2.42. The first kappa shape index (κ1) is 15.7. The molecule has 1 aliphatic heterocycles. The van der Waals surface area contributed by atoms with Gasteiger partial charge in [0.1, 0.15) is 18.1 Å². The fraction of sp³-hybridized carbons (Fsp3) is 0.333. The van der Waals surface area contributed by atoms with Crippen molar-refractivity contribution in [2.45, 2.75) is 18.9 Å². The number of hydrogen-bond acceptors (Lipinski definition) is 5. The molecule has 0 saturated heterocycles. The third-order valence-electron chi connectivity index (χ3n) is 3.54. The van der Waals surface area contributed by atoms with E-state index < -0.39 is 23.8 Å². The fourth-order valence-corrected chi connectivity index (χ4v) is 2.42. The molecule has 0 bridgehead atoms. The third-order valence-corrected chi connectivity index (χ3v) is 3.54. The van der Waals surface area contributed by atoms with Crippen LogP contribution in [0.25, 0.3) is 0 Å². The predicted molar refractivity (Wildman–Crippen MR) is 76.6 cm³/mol. The van der Waals surface area contributed by atoms with Crippen LogP contribution >= 0.6 is 0 Å².